The highest BCUT2D eigenvalue weighted by Crippen LogP contribution is 2.47. The van der Waals surface area contributed by atoms with Crippen molar-refractivity contribution < 1.29 is 4.74 Å². The van der Waals surface area contributed by atoms with Crippen molar-refractivity contribution in [3.63, 3.8) is 0 Å². The van der Waals surface area contributed by atoms with Crippen molar-refractivity contribution in [3.05, 3.63) is 35.9 Å². The first kappa shape index (κ1) is 15.1. The van der Waals surface area contributed by atoms with Gasteiger partial charge in [-0.1, -0.05) is 44.2 Å². The smallest absolute Gasteiger partial charge is 0.0603 e. The average Bonchev–Trinajstić information content (AvgIpc) is 2.51. The Hall–Kier alpha value is -0.860. The Labute approximate surface area is 129 Å². The molecule has 3 rings (SSSR count). The van der Waals surface area contributed by atoms with Gasteiger partial charge in [0.1, 0.15) is 0 Å². The van der Waals surface area contributed by atoms with Gasteiger partial charge < -0.3 is 10.1 Å². The van der Waals surface area contributed by atoms with Crippen molar-refractivity contribution >= 4 is 0 Å². The molecule has 2 nitrogen and oxygen atoms in total. The highest BCUT2D eigenvalue weighted by Gasteiger charge is 2.44. The summed E-state index contributed by atoms with van der Waals surface area (Å²) < 4.78 is 6.05. The highest BCUT2D eigenvalue weighted by atomic mass is 16.5. The second-order valence-electron chi connectivity index (χ2n) is 7.31. The Kier molecular flexibility index (Phi) is 4.66. The molecule has 0 aromatic heterocycles. The van der Waals surface area contributed by atoms with E-state index < -0.39 is 0 Å². The molecule has 3 atom stereocenters. The van der Waals surface area contributed by atoms with Crippen LogP contribution in [0.2, 0.25) is 0 Å². The van der Waals surface area contributed by atoms with Gasteiger partial charge >= 0.3 is 0 Å². The maximum absolute atomic E-state index is 6.05. The van der Waals surface area contributed by atoms with Crippen LogP contribution in [0.1, 0.15) is 38.7 Å². The third-order valence-electron chi connectivity index (χ3n) is 5.66. The molecule has 1 N–H and O–H groups in total. The van der Waals surface area contributed by atoms with E-state index in [9.17, 15) is 0 Å². The molecule has 21 heavy (non-hydrogen) atoms. The van der Waals surface area contributed by atoms with E-state index in [-0.39, 0.29) is 0 Å². The first-order valence-corrected chi connectivity index (χ1v) is 8.56. The third kappa shape index (κ3) is 3.32. The minimum atomic E-state index is 0.454. The van der Waals surface area contributed by atoms with E-state index in [1.807, 2.05) is 0 Å². The summed E-state index contributed by atoms with van der Waals surface area (Å²) in [5.41, 5.74) is 1.98. The first-order valence-electron chi connectivity index (χ1n) is 8.56. The minimum Gasteiger partial charge on any atom is -0.378 e. The van der Waals surface area contributed by atoms with Crippen LogP contribution in [-0.4, -0.2) is 25.8 Å². The van der Waals surface area contributed by atoms with Gasteiger partial charge in [-0.05, 0) is 61.6 Å². The van der Waals surface area contributed by atoms with Crippen LogP contribution in [-0.2, 0) is 11.2 Å². The Morgan fingerprint density at radius 3 is 2.81 bits per heavy atom. The van der Waals surface area contributed by atoms with Crippen LogP contribution >= 0.6 is 0 Å². The summed E-state index contributed by atoms with van der Waals surface area (Å²) in [6.45, 7) is 7.90. The maximum atomic E-state index is 6.05. The molecule has 1 aromatic carbocycles. The second-order valence-corrected chi connectivity index (χ2v) is 7.31. The van der Waals surface area contributed by atoms with Crippen LogP contribution in [0.25, 0.3) is 0 Å². The number of ether oxygens (including phenoxy) is 1. The summed E-state index contributed by atoms with van der Waals surface area (Å²) in [5.74, 6) is 1.38. The number of rotatable bonds is 3. The Balaban J connectivity index is 1.77. The second kappa shape index (κ2) is 6.50. The van der Waals surface area contributed by atoms with Crippen LogP contribution in [0.15, 0.2) is 30.3 Å². The normalized spacial score (nSPS) is 33.5. The van der Waals surface area contributed by atoms with E-state index in [2.05, 4.69) is 49.5 Å². The summed E-state index contributed by atoms with van der Waals surface area (Å²) >= 11 is 0. The summed E-state index contributed by atoms with van der Waals surface area (Å²) in [7, 11) is 0. The lowest BCUT2D eigenvalue weighted by atomic mass is 9.62. The molecule has 0 amide bonds. The summed E-state index contributed by atoms with van der Waals surface area (Å²) in [5, 5.41) is 3.63. The van der Waals surface area contributed by atoms with Crippen molar-refractivity contribution in [3.8, 4) is 0 Å². The van der Waals surface area contributed by atoms with Crippen LogP contribution < -0.4 is 5.32 Å². The molecule has 2 fully saturated rings. The van der Waals surface area contributed by atoms with E-state index in [1.54, 1.807) is 0 Å². The molecule has 0 saturated carbocycles. The molecule has 116 valence electrons. The van der Waals surface area contributed by atoms with E-state index in [0.717, 1.165) is 12.5 Å². The minimum absolute atomic E-state index is 0.454. The van der Waals surface area contributed by atoms with Crippen molar-refractivity contribution in [1.82, 2.24) is 5.32 Å². The van der Waals surface area contributed by atoms with Gasteiger partial charge in [0.05, 0.1) is 6.10 Å². The number of hydrogen-bond acceptors (Lipinski definition) is 2. The fraction of sp³-hybridized carbons (Fsp3) is 0.684. The standard InChI is InChI=1S/C19H29NO/c1-15(2)18-13-19(9-11-21-18)8-10-20-14-17(19)12-16-6-4-3-5-7-16/h3-7,15,17-18,20H,8-14H2,1-2H3. The van der Waals surface area contributed by atoms with Gasteiger partial charge in [0.25, 0.3) is 0 Å². The summed E-state index contributed by atoms with van der Waals surface area (Å²) in [6.07, 6.45) is 5.48. The lowest BCUT2D eigenvalue weighted by molar-refractivity contribution is -0.0989. The zero-order valence-corrected chi connectivity index (χ0v) is 13.5. The first-order chi connectivity index (χ1) is 10.2. The molecular formula is C19H29NO. The van der Waals surface area contributed by atoms with Gasteiger partial charge in [-0.2, -0.15) is 0 Å². The fourth-order valence-corrected chi connectivity index (χ4v) is 4.22. The quantitative estimate of drug-likeness (QED) is 0.916. The van der Waals surface area contributed by atoms with Crippen molar-refractivity contribution in [2.24, 2.45) is 17.3 Å². The topological polar surface area (TPSA) is 21.3 Å². The Bertz CT molecular complexity index is 440. The molecular weight excluding hydrogens is 258 g/mol. The van der Waals surface area contributed by atoms with Gasteiger partial charge in [-0.25, -0.2) is 0 Å². The molecule has 1 aromatic rings. The molecule has 2 aliphatic heterocycles. The molecule has 0 radical (unpaired) electrons. The van der Waals surface area contributed by atoms with Gasteiger partial charge in [-0.3, -0.25) is 0 Å². The molecule has 2 heteroatoms. The molecule has 2 aliphatic rings. The third-order valence-corrected chi connectivity index (χ3v) is 5.66. The molecule has 0 aliphatic carbocycles. The maximum Gasteiger partial charge on any atom is 0.0603 e. The van der Waals surface area contributed by atoms with Crippen LogP contribution in [0.5, 0.6) is 0 Å². The number of piperidine rings is 1. The van der Waals surface area contributed by atoms with Crippen molar-refractivity contribution in [2.75, 3.05) is 19.7 Å². The summed E-state index contributed by atoms with van der Waals surface area (Å²) in [6, 6.07) is 11.0. The fourth-order valence-electron chi connectivity index (χ4n) is 4.22. The van der Waals surface area contributed by atoms with Crippen molar-refractivity contribution in [2.45, 2.75) is 45.6 Å². The number of nitrogens with one attached hydrogen (secondary N) is 1. The lowest BCUT2D eigenvalue weighted by Gasteiger charge is -2.50. The van der Waals surface area contributed by atoms with Crippen LogP contribution in [0.3, 0.4) is 0 Å². The monoisotopic (exact) mass is 287 g/mol. The molecule has 2 saturated heterocycles. The van der Waals surface area contributed by atoms with Gasteiger partial charge in [0.15, 0.2) is 0 Å². The molecule has 1 spiro atoms. The lowest BCUT2D eigenvalue weighted by Crippen LogP contribution is -2.51. The number of hydrogen-bond donors (Lipinski definition) is 1. The molecule has 2 heterocycles. The average molecular weight is 287 g/mol. The highest BCUT2D eigenvalue weighted by molar-refractivity contribution is 5.16. The Morgan fingerprint density at radius 1 is 1.24 bits per heavy atom. The van der Waals surface area contributed by atoms with Gasteiger partial charge in [0, 0.05) is 6.61 Å². The van der Waals surface area contributed by atoms with Gasteiger partial charge in [-0.15, -0.1) is 0 Å². The Morgan fingerprint density at radius 2 is 2.05 bits per heavy atom. The van der Waals surface area contributed by atoms with Crippen LogP contribution in [0.4, 0.5) is 0 Å². The predicted molar refractivity (Wildman–Crippen MR) is 87.4 cm³/mol. The summed E-state index contributed by atoms with van der Waals surface area (Å²) in [4.78, 5) is 0. The van der Waals surface area contributed by atoms with E-state index in [0.29, 0.717) is 17.4 Å². The van der Waals surface area contributed by atoms with Gasteiger partial charge in [0.2, 0.25) is 0 Å². The SMILES string of the molecule is CC(C)C1CC2(CCNCC2Cc2ccccc2)CCO1. The zero-order chi connectivity index (χ0) is 14.7. The zero-order valence-electron chi connectivity index (χ0n) is 13.5. The van der Waals surface area contributed by atoms with Crippen LogP contribution in [0, 0.1) is 17.3 Å². The molecule has 0 bridgehead atoms. The van der Waals surface area contributed by atoms with E-state index in [1.165, 1.54) is 44.3 Å². The predicted octanol–water partition coefficient (Wildman–Crippen LogP) is 3.66. The van der Waals surface area contributed by atoms with E-state index in [4.69, 9.17) is 4.74 Å². The largest absolute Gasteiger partial charge is 0.378 e. The molecule has 3 unspecified atom stereocenters. The van der Waals surface area contributed by atoms with Crippen molar-refractivity contribution in [1.29, 1.82) is 0 Å². The number of benzene rings is 1. The van der Waals surface area contributed by atoms with E-state index >= 15 is 0 Å².